The molecule has 0 bridgehead atoms. The van der Waals surface area contributed by atoms with Crippen LogP contribution in [0.25, 0.3) is 0 Å². The maximum Gasteiger partial charge on any atom is 0.326 e. The zero-order valence-electron chi connectivity index (χ0n) is 19.3. The first-order valence-electron chi connectivity index (χ1n) is 10.9. The van der Waals surface area contributed by atoms with E-state index in [0.29, 0.717) is 41.1 Å². The zero-order chi connectivity index (χ0) is 24.1. The van der Waals surface area contributed by atoms with Gasteiger partial charge in [-0.2, -0.15) is 0 Å². The topological polar surface area (TPSA) is 79.9 Å². The number of methoxy groups -OCH3 is 2. The summed E-state index contributed by atoms with van der Waals surface area (Å²) in [5.41, 5.74) is 2.84. The lowest BCUT2D eigenvalue weighted by atomic mass is 10.1. The number of nitrogens with one attached hydrogen (secondary N) is 2. The molecular weight excluding hydrogens is 450 g/mol. The summed E-state index contributed by atoms with van der Waals surface area (Å²) in [6, 6.07) is 20.0. The minimum Gasteiger partial charge on any atom is -0.497 e. The van der Waals surface area contributed by atoms with Crippen molar-refractivity contribution >= 4 is 35.1 Å². The maximum absolute atomic E-state index is 13.0. The van der Waals surface area contributed by atoms with E-state index in [1.807, 2.05) is 30.3 Å². The van der Waals surface area contributed by atoms with Gasteiger partial charge in [0.25, 0.3) is 5.91 Å². The zero-order valence-corrected chi connectivity index (χ0v) is 20.1. The summed E-state index contributed by atoms with van der Waals surface area (Å²) in [7, 11) is 3.18. The largest absolute Gasteiger partial charge is 0.497 e. The monoisotopic (exact) mass is 477 g/mol. The van der Waals surface area contributed by atoms with Gasteiger partial charge in [-0.05, 0) is 54.6 Å². The molecule has 3 aromatic carbocycles. The van der Waals surface area contributed by atoms with Crippen LogP contribution < -0.4 is 25.0 Å². The summed E-state index contributed by atoms with van der Waals surface area (Å²) in [6.45, 7) is 3.03. The van der Waals surface area contributed by atoms with Crippen molar-refractivity contribution in [2.24, 2.45) is 0 Å². The summed E-state index contributed by atoms with van der Waals surface area (Å²) in [4.78, 5) is 28.5. The third kappa shape index (κ3) is 5.28. The van der Waals surface area contributed by atoms with Crippen LogP contribution in [0.2, 0.25) is 0 Å². The maximum atomic E-state index is 13.0. The fourth-order valence-corrected chi connectivity index (χ4v) is 4.89. The Morgan fingerprint density at radius 3 is 2.53 bits per heavy atom. The summed E-state index contributed by atoms with van der Waals surface area (Å²) in [5, 5.41) is 6.14. The van der Waals surface area contributed by atoms with E-state index in [1.54, 1.807) is 67.3 Å². The van der Waals surface area contributed by atoms with Crippen LogP contribution in [-0.2, 0) is 6.54 Å². The number of anilines is 2. The van der Waals surface area contributed by atoms with E-state index in [9.17, 15) is 9.59 Å². The van der Waals surface area contributed by atoms with E-state index < -0.39 is 0 Å². The molecule has 1 heterocycles. The van der Waals surface area contributed by atoms with Gasteiger partial charge in [-0.25, -0.2) is 4.79 Å². The van der Waals surface area contributed by atoms with Crippen LogP contribution in [0.1, 0.15) is 22.8 Å². The van der Waals surface area contributed by atoms with Crippen molar-refractivity contribution in [2.75, 3.05) is 31.0 Å². The quantitative estimate of drug-likeness (QED) is 0.512. The highest BCUT2D eigenvalue weighted by molar-refractivity contribution is 8.00. The van der Waals surface area contributed by atoms with Gasteiger partial charge in [0.15, 0.2) is 0 Å². The van der Waals surface area contributed by atoms with E-state index in [-0.39, 0.29) is 11.9 Å². The Balaban J connectivity index is 1.39. The Hall–Kier alpha value is -3.65. The van der Waals surface area contributed by atoms with E-state index >= 15 is 0 Å². The number of thioether (sulfide) groups is 1. The van der Waals surface area contributed by atoms with Crippen LogP contribution in [0.15, 0.2) is 71.6 Å². The summed E-state index contributed by atoms with van der Waals surface area (Å²) >= 11 is 1.77. The van der Waals surface area contributed by atoms with Gasteiger partial charge in [-0.1, -0.05) is 19.1 Å². The SMILES string of the molecule is COc1ccc(OC)c(CNC(=O)c2ccc(NC(=O)N3CC(C)Sc4ccccc43)cc2)c1. The van der Waals surface area contributed by atoms with Crippen molar-refractivity contribution in [3.05, 3.63) is 77.9 Å². The van der Waals surface area contributed by atoms with Gasteiger partial charge >= 0.3 is 6.03 Å². The van der Waals surface area contributed by atoms with Crippen LogP contribution >= 0.6 is 11.8 Å². The molecule has 1 aliphatic heterocycles. The number of benzene rings is 3. The third-order valence-corrected chi connectivity index (χ3v) is 6.64. The van der Waals surface area contributed by atoms with Gasteiger partial charge in [0.05, 0.1) is 19.9 Å². The average molecular weight is 478 g/mol. The second-order valence-corrected chi connectivity index (χ2v) is 9.36. The summed E-state index contributed by atoms with van der Waals surface area (Å²) < 4.78 is 10.6. The average Bonchev–Trinajstić information content (AvgIpc) is 2.86. The molecule has 0 fully saturated rings. The standard InChI is InChI=1S/C26H27N3O4S/c1-17-16-29(22-6-4-5-7-24(22)34-17)26(31)28-20-10-8-18(9-11-20)25(30)27-15-19-14-21(32-2)12-13-23(19)33-3/h4-14,17H,15-16H2,1-3H3,(H,27,30)(H,28,31). The molecule has 0 aliphatic carbocycles. The highest BCUT2D eigenvalue weighted by Crippen LogP contribution is 2.38. The predicted octanol–water partition coefficient (Wildman–Crippen LogP) is 5.17. The number of urea groups is 1. The third-order valence-electron chi connectivity index (χ3n) is 5.49. The lowest BCUT2D eigenvalue weighted by Crippen LogP contribution is -2.41. The molecule has 176 valence electrons. The van der Waals surface area contributed by atoms with Crippen molar-refractivity contribution < 1.29 is 19.1 Å². The van der Waals surface area contributed by atoms with Crippen molar-refractivity contribution in [1.82, 2.24) is 5.32 Å². The fourth-order valence-electron chi connectivity index (χ4n) is 3.78. The van der Waals surface area contributed by atoms with E-state index in [4.69, 9.17) is 9.47 Å². The minimum atomic E-state index is -0.224. The summed E-state index contributed by atoms with van der Waals surface area (Å²) in [6.07, 6.45) is 0. The molecule has 8 heteroatoms. The first-order valence-corrected chi connectivity index (χ1v) is 11.8. The van der Waals surface area contributed by atoms with Crippen LogP contribution in [0.5, 0.6) is 11.5 Å². The van der Waals surface area contributed by atoms with Gasteiger partial charge in [0.2, 0.25) is 0 Å². The van der Waals surface area contributed by atoms with Crippen molar-refractivity contribution in [3.8, 4) is 11.5 Å². The number of para-hydroxylation sites is 1. The van der Waals surface area contributed by atoms with Gasteiger partial charge < -0.3 is 20.1 Å². The van der Waals surface area contributed by atoms with E-state index in [0.717, 1.165) is 16.1 Å². The molecule has 4 rings (SSSR count). The molecule has 0 aromatic heterocycles. The van der Waals surface area contributed by atoms with Crippen molar-refractivity contribution in [1.29, 1.82) is 0 Å². The lowest BCUT2D eigenvalue weighted by Gasteiger charge is -2.32. The molecular formula is C26H27N3O4S. The summed E-state index contributed by atoms with van der Waals surface area (Å²) in [5.74, 6) is 1.14. The molecule has 3 aromatic rings. The number of ether oxygens (including phenoxy) is 2. The highest BCUT2D eigenvalue weighted by Gasteiger charge is 2.26. The first kappa shape index (κ1) is 23.5. The number of carbonyl (C=O) groups excluding carboxylic acids is 2. The Morgan fingerprint density at radius 2 is 1.79 bits per heavy atom. The molecule has 0 saturated carbocycles. The first-order chi connectivity index (χ1) is 16.5. The second kappa shape index (κ2) is 10.5. The smallest absolute Gasteiger partial charge is 0.326 e. The number of carbonyl (C=O) groups is 2. The van der Waals surface area contributed by atoms with Crippen LogP contribution in [0.4, 0.5) is 16.2 Å². The molecule has 34 heavy (non-hydrogen) atoms. The second-order valence-electron chi connectivity index (χ2n) is 7.87. The van der Waals surface area contributed by atoms with Gasteiger partial charge in [0.1, 0.15) is 11.5 Å². The fraction of sp³-hybridized carbons (Fsp3) is 0.231. The van der Waals surface area contributed by atoms with Gasteiger partial charge in [-0.15, -0.1) is 11.8 Å². The molecule has 1 atom stereocenters. The Kier molecular flexibility index (Phi) is 7.27. The molecule has 1 unspecified atom stereocenters. The molecule has 7 nitrogen and oxygen atoms in total. The van der Waals surface area contributed by atoms with Gasteiger partial charge in [0, 0.05) is 40.0 Å². The predicted molar refractivity (Wildman–Crippen MR) is 135 cm³/mol. The van der Waals surface area contributed by atoms with Crippen LogP contribution in [-0.4, -0.2) is 38.0 Å². The highest BCUT2D eigenvalue weighted by atomic mass is 32.2. The number of nitrogens with zero attached hydrogens (tertiary/aromatic N) is 1. The Morgan fingerprint density at radius 1 is 1.03 bits per heavy atom. The molecule has 0 spiro atoms. The number of hydrogen-bond acceptors (Lipinski definition) is 5. The molecule has 1 aliphatic rings. The lowest BCUT2D eigenvalue weighted by molar-refractivity contribution is 0.0950. The Bertz CT molecular complexity index is 1180. The molecule has 0 radical (unpaired) electrons. The number of rotatable bonds is 6. The number of fused-ring (bicyclic) bond motifs is 1. The number of amides is 3. The minimum absolute atomic E-state index is 0.193. The van der Waals surface area contributed by atoms with E-state index in [1.165, 1.54) is 0 Å². The Labute approximate surface area is 203 Å². The molecule has 0 saturated heterocycles. The van der Waals surface area contributed by atoms with Crippen molar-refractivity contribution in [2.45, 2.75) is 23.6 Å². The van der Waals surface area contributed by atoms with Crippen LogP contribution in [0.3, 0.4) is 0 Å². The van der Waals surface area contributed by atoms with Crippen molar-refractivity contribution in [3.63, 3.8) is 0 Å². The number of hydrogen-bond donors (Lipinski definition) is 2. The van der Waals surface area contributed by atoms with Crippen LogP contribution in [0, 0.1) is 0 Å². The van der Waals surface area contributed by atoms with Gasteiger partial charge in [-0.3, -0.25) is 9.69 Å². The molecule has 3 amide bonds. The molecule has 2 N–H and O–H groups in total. The van der Waals surface area contributed by atoms with E-state index in [2.05, 4.69) is 17.6 Å². The normalized spacial score (nSPS) is 14.7.